The first-order valence-corrected chi connectivity index (χ1v) is 8.23. The zero-order chi connectivity index (χ0) is 16.6. The third kappa shape index (κ3) is 1.70. The summed E-state index contributed by atoms with van der Waals surface area (Å²) in [7, 11) is 0. The summed E-state index contributed by atoms with van der Waals surface area (Å²) < 4.78 is 0. The van der Waals surface area contributed by atoms with Crippen LogP contribution in [0.2, 0.25) is 0 Å². The normalized spacial score (nSPS) is 45.3. The van der Waals surface area contributed by atoms with Gasteiger partial charge in [-0.15, -0.1) is 0 Å². The van der Waals surface area contributed by atoms with Crippen molar-refractivity contribution in [3.8, 4) is 5.75 Å². The predicted molar refractivity (Wildman–Crippen MR) is 81.8 cm³/mol. The third-order valence-electron chi connectivity index (χ3n) is 6.76. The molecule has 0 aliphatic heterocycles. The minimum atomic E-state index is -1.29. The van der Waals surface area contributed by atoms with Gasteiger partial charge in [0.15, 0.2) is 0 Å². The summed E-state index contributed by atoms with van der Waals surface area (Å²) >= 11 is 0. The highest BCUT2D eigenvalue weighted by molar-refractivity contribution is 5.89. The number of ketones is 1. The van der Waals surface area contributed by atoms with E-state index in [-0.39, 0.29) is 29.8 Å². The number of aliphatic hydroxyl groups excluding tert-OH is 2. The van der Waals surface area contributed by atoms with Crippen LogP contribution in [0.15, 0.2) is 18.2 Å². The Labute approximate surface area is 134 Å². The molecule has 1 aromatic carbocycles. The largest absolute Gasteiger partial charge is 0.508 e. The zero-order valence-corrected chi connectivity index (χ0v) is 13.1. The highest BCUT2D eigenvalue weighted by atomic mass is 16.3. The molecular weight excluding hydrogens is 296 g/mol. The second-order valence-corrected chi connectivity index (χ2v) is 7.58. The Hall–Kier alpha value is -1.43. The molecule has 4 N–H and O–H groups in total. The Balaban J connectivity index is 1.86. The van der Waals surface area contributed by atoms with Crippen LogP contribution in [0.5, 0.6) is 5.75 Å². The van der Waals surface area contributed by atoms with Gasteiger partial charge in [0.2, 0.25) is 0 Å². The number of phenols is 1. The lowest BCUT2D eigenvalue weighted by Gasteiger charge is -2.56. The van der Waals surface area contributed by atoms with Gasteiger partial charge in [-0.25, -0.2) is 0 Å². The quantitative estimate of drug-likeness (QED) is 0.579. The molecule has 23 heavy (non-hydrogen) atoms. The van der Waals surface area contributed by atoms with E-state index in [2.05, 4.69) is 0 Å². The molecule has 0 aromatic heterocycles. The standard InChI is InChI=1S/C18H22O5/c1-17-15(21)4-5-18(17,23)13-8-14(20)12-6-9(19)2-3-10(12)11(13)7-16(17)22/h2-3,6,11,13-14,16,19-20,22-23H,4-5,7-8H2,1H3/t11-,13-,14?,16?,17+,18-/m1/s1. The van der Waals surface area contributed by atoms with Crippen LogP contribution in [-0.4, -0.2) is 37.9 Å². The van der Waals surface area contributed by atoms with Gasteiger partial charge in [0.05, 0.1) is 23.2 Å². The Morgan fingerprint density at radius 3 is 2.65 bits per heavy atom. The average molecular weight is 318 g/mol. The van der Waals surface area contributed by atoms with Crippen LogP contribution in [0.1, 0.15) is 55.8 Å². The molecular formula is C18H22O5. The number of hydrogen-bond acceptors (Lipinski definition) is 5. The highest BCUT2D eigenvalue weighted by Gasteiger charge is 2.68. The van der Waals surface area contributed by atoms with Gasteiger partial charge in [-0.05, 0) is 61.3 Å². The minimum absolute atomic E-state index is 0.0862. The maximum atomic E-state index is 12.4. The summed E-state index contributed by atoms with van der Waals surface area (Å²) in [6, 6.07) is 4.89. The number of carbonyl (C=O) groups is 1. The molecule has 0 saturated heterocycles. The van der Waals surface area contributed by atoms with Gasteiger partial charge in [-0.1, -0.05) is 6.07 Å². The van der Waals surface area contributed by atoms with E-state index < -0.39 is 23.2 Å². The maximum absolute atomic E-state index is 12.4. The van der Waals surface area contributed by atoms with Crippen LogP contribution in [0.4, 0.5) is 0 Å². The Bertz CT molecular complexity index is 686. The van der Waals surface area contributed by atoms with E-state index in [0.717, 1.165) is 5.56 Å². The number of benzene rings is 1. The first kappa shape index (κ1) is 15.1. The number of Topliss-reactive ketones (excluding diaryl/α,β-unsaturated/α-hetero) is 1. The Morgan fingerprint density at radius 1 is 1.17 bits per heavy atom. The molecule has 0 radical (unpaired) electrons. The Morgan fingerprint density at radius 2 is 1.91 bits per heavy atom. The van der Waals surface area contributed by atoms with Crippen molar-refractivity contribution in [1.29, 1.82) is 0 Å². The average Bonchev–Trinajstić information content (AvgIpc) is 2.76. The smallest absolute Gasteiger partial charge is 0.144 e. The highest BCUT2D eigenvalue weighted by Crippen LogP contribution is 2.63. The van der Waals surface area contributed by atoms with E-state index in [4.69, 9.17) is 0 Å². The van der Waals surface area contributed by atoms with E-state index >= 15 is 0 Å². The number of aliphatic hydroxyl groups is 3. The van der Waals surface area contributed by atoms with Crippen molar-refractivity contribution in [3.05, 3.63) is 29.3 Å². The predicted octanol–water partition coefficient (Wildman–Crippen LogP) is 1.39. The fourth-order valence-electron chi connectivity index (χ4n) is 5.34. The molecule has 0 spiro atoms. The van der Waals surface area contributed by atoms with Crippen molar-refractivity contribution < 1.29 is 25.2 Å². The molecule has 3 aliphatic carbocycles. The number of aromatic hydroxyl groups is 1. The van der Waals surface area contributed by atoms with E-state index in [1.807, 2.05) is 0 Å². The molecule has 1 aromatic rings. The second kappa shape index (κ2) is 4.56. The van der Waals surface area contributed by atoms with Gasteiger partial charge >= 0.3 is 0 Å². The molecule has 6 atom stereocenters. The van der Waals surface area contributed by atoms with Gasteiger partial charge in [0.1, 0.15) is 11.5 Å². The van der Waals surface area contributed by atoms with Gasteiger partial charge in [-0.2, -0.15) is 0 Å². The Kier molecular flexibility index (Phi) is 3.00. The zero-order valence-electron chi connectivity index (χ0n) is 13.1. The van der Waals surface area contributed by atoms with Crippen molar-refractivity contribution in [1.82, 2.24) is 0 Å². The van der Waals surface area contributed by atoms with Crippen LogP contribution in [0.3, 0.4) is 0 Å². The van der Waals surface area contributed by atoms with Crippen molar-refractivity contribution >= 4 is 5.78 Å². The lowest BCUT2D eigenvalue weighted by Crippen LogP contribution is -2.63. The first-order valence-electron chi connectivity index (χ1n) is 8.23. The van der Waals surface area contributed by atoms with Gasteiger partial charge in [0, 0.05) is 6.42 Å². The van der Waals surface area contributed by atoms with E-state index in [1.165, 1.54) is 0 Å². The molecule has 2 saturated carbocycles. The van der Waals surface area contributed by atoms with Crippen molar-refractivity contribution in [3.63, 3.8) is 0 Å². The van der Waals surface area contributed by atoms with E-state index in [1.54, 1.807) is 25.1 Å². The van der Waals surface area contributed by atoms with Crippen molar-refractivity contribution in [2.45, 2.75) is 56.3 Å². The number of fused-ring (bicyclic) bond motifs is 5. The van der Waals surface area contributed by atoms with Crippen molar-refractivity contribution in [2.75, 3.05) is 0 Å². The molecule has 5 nitrogen and oxygen atoms in total. The summed E-state index contributed by atoms with van der Waals surface area (Å²) in [5.41, 5.74) is -0.916. The van der Waals surface area contributed by atoms with Crippen LogP contribution in [0.25, 0.3) is 0 Å². The third-order valence-corrected chi connectivity index (χ3v) is 6.76. The van der Waals surface area contributed by atoms with Crippen LogP contribution < -0.4 is 0 Å². The lowest BCUT2D eigenvalue weighted by atomic mass is 9.51. The number of hydrogen-bond donors (Lipinski definition) is 4. The van der Waals surface area contributed by atoms with Gasteiger partial charge < -0.3 is 20.4 Å². The van der Waals surface area contributed by atoms with Crippen LogP contribution in [-0.2, 0) is 4.79 Å². The monoisotopic (exact) mass is 318 g/mol. The van der Waals surface area contributed by atoms with Crippen LogP contribution >= 0.6 is 0 Å². The molecule has 4 rings (SSSR count). The number of phenolic OH excluding ortho intramolecular Hbond substituents is 1. The first-order chi connectivity index (χ1) is 10.8. The molecule has 5 heteroatoms. The summed E-state index contributed by atoms with van der Waals surface area (Å²) in [6.45, 7) is 1.67. The SMILES string of the molecule is C[C@@]12C(=O)CC[C@@]1(O)[C@@H]1CC(O)c3cc(O)ccc3[C@H]1CC2O. The molecule has 0 amide bonds. The maximum Gasteiger partial charge on any atom is 0.144 e. The van der Waals surface area contributed by atoms with Gasteiger partial charge in [-0.3, -0.25) is 4.79 Å². The van der Waals surface area contributed by atoms with Gasteiger partial charge in [0.25, 0.3) is 0 Å². The lowest BCUT2D eigenvalue weighted by molar-refractivity contribution is -0.194. The molecule has 0 heterocycles. The fourth-order valence-corrected chi connectivity index (χ4v) is 5.34. The van der Waals surface area contributed by atoms with Crippen LogP contribution in [0, 0.1) is 11.3 Å². The molecule has 124 valence electrons. The molecule has 2 fully saturated rings. The minimum Gasteiger partial charge on any atom is -0.508 e. The summed E-state index contributed by atoms with van der Waals surface area (Å²) in [5.74, 6) is -0.378. The summed E-state index contributed by atoms with van der Waals surface area (Å²) in [5, 5.41) is 42.2. The number of carbonyl (C=O) groups excluding carboxylic acids is 1. The topological polar surface area (TPSA) is 98.0 Å². The summed E-state index contributed by atoms with van der Waals surface area (Å²) in [4.78, 5) is 12.4. The van der Waals surface area contributed by atoms with E-state index in [9.17, 15) is 25.2 Å². The molecule has 3 aliphatic rings. The molecule has 2 unspecified atom stereocenters. The second-order valence-electron chi connectivity index (χ2n) is 7.58. The summed E-state index contributed by atoms with van der Waals surface area (Å²) in [6.07, 6.45) is -0.349. The molecule has 0 bridgehead atoms. The van der Waals surface area contributed by atoms with Crippen molar-refractivity contribution in [2.24, 2.45) is 11.3 Å². The van der Waals surface area contributed by atoms with E-state index in [0.29, 0.717) is 24.8 Å². The fraction of sp³-hybridized carbons (Fsp3) is 0.611. The number of rotatable bonds is 0.